The molecule has 1 aliphatic rings. The zero-order chi connectivity index (χ0) is 10.9. The maximum absolute atomic E-state index is 13.2. The van der Waals surface area contributed by atoms with Crippen LogP contribution in [0.5, 0.6) is 0 Å². The predicted molar refractivity (Wildman–Crippen MR) is 43.2 cm³/mol. The molecule has 1 aliphatic heterocycles. The molecule has 8 heteroatoms. The van der Waals surface area contributed by atoms with E-state index in [1.54, 1.807) is 0 Å². The first-order valence-electron chi connectivity index (χ1n) is 3.99. The van der Waals surface area contributed by atoms with Gasteiger partial charge in [-0.1, -0.05) is 0 Å². The molecule has 0 aromatic rings. The van der Waals surface area contributed by atoms with Gasteiger partial charge in [0.1, 0.15) is 12.2 Å². The van der Waals surface area contributed by atoms with Crippen molar-refractivity contribution in [3.8, 4) is 0 Å². The van der Waals surface area contributed by atoms with Crippen LogP contribution in [0.3, 0.4) is 0 Å². The number of alkyl halides is 1. The summed E-state index contributed by atoms with van der Waals surface area (Å²) in [5, 5.41) is 8.74. The summed E-state index contributed by atoms with van der Waals surface area (Å²) in [6, 6.07) is 0. The summed E-state index contributed by atoms with van der Waals surface area (Å²) in [5.74, 6) is 0. The maximum atomic E-state index is 13.2. The Balaban J connectivity index is 2.69. The van der Waals surface area contributed by atoms with E-state index in [0.29, 0.717) is 0 Å². The van der Waals surface area contributed by atoms with Gasteiger partial charge in [0.2, 0.25) is 0 Å². The third kappa shape index (κ3) is 2.73. The number of phosphoric acid groups is 1. The topological polar surface area (TPSA) is 96.2 Å². The lowest BCUT2D eigenvalue weighted by Crippen LogP contribution is -2.33. The minimum absolute atomic E-state index is 0.546. The smallest absolute Gasteiger partial charge is 0.394 e. The number of hydrogen-bond donors (Lipinski definition) is 3. The van der Waals surface area contributed by atoms with Crippen molar-refractivity contribution in [1.82, 2.24) is 0 Å². The molecule has 6 nitrogen and oxygen atoms in total. The van der Waals surface area contributed by atoms with Gasteiger partial charge in [-0.15, -0.1) is 0 Å². The average molecular weight is 230 g/mol. The van der Waals surface area contributed by atoms with Crippen molar-refractivity contribution in [1.29, 1.82) is 0 Å². The Kier molecular flexibility index (Phi) is 3.63. The Morgan fingerprint density at radius 2 is 2.14 bits per heavy atom. The normalized spacial score (nSPS) is 38.9. The Morgan fingerprint density at radius 3 is 2.57 bits per heavy atom. The number of rotatable bonds is 3. The fourth-order valence-corrected chi connectivity index (χ4v) is 1.90. The molecule has 1 fully saturated rings. The molecule has 1 rings (SSSR count). The van der Waals surface area contributed by atoms with Crippen LogP contribution in [0.4, 0.5) is 4.39 Å². The van der Waals surface area contributed by atoms with E-state index in [2.05, 4.69) is 4.52 Å². The van der Waals surface area contributed by atoms with E-state index in [4.69, 9.17) is 19.6 Å². The summed E-state index contributed by atoms with van der Waals surface area (Å²) in [6.07, 6.45) is -4.95. The van der Waals surface area contributed by atoms with Crippen molar-refractivity contribution >= 4 is 7.82 Å². The molecule has 1 unspecified atom stereocenters. The van der Waals surface area contributed by atoms with Crippen molar-refractivity contribution in [3.05, 3.63) is 0 Å². The quantitative estimate of drug-likeness (QED) is 0.570. The highest BCUT2D eigenvalue weighted by Gasteiger charge is 2.46. The van der Waals surface area contributed by atoms with E-state index in [1.807, 2.05) is 0 Å². The van der Waals surface area contributed by atoms with Crippen molar-refractivity contribution < 1.29 is 33.1 Å². The highest BCUT2D eigenvalue weighted by atomic mass is 31.2. The molecule has 0 bridgehead atoms. The van der Waals surface area contributed by atoms with Crippen LogP contribution in [0.1, 0.15) is 6.92 Å². The van der Waals surface area contributed by atoms with E-state index in [-0.39, 0.29) is 0 Å². The molecule has 0 spiro atoms. The number of aliphatic hydroxyl groups excluding tert-OH is 1. The number of phosphoric ester groups is 1. The molecule has 0 aromatic heterocycles. The van der Waals surface area contributed by atoms with Gasteiger partial charge >= 0.3 is 7.82 Å². The van der Waals surface area contributed by atoms with Gasteiger partial charge in [-0.3, -0.25) is 4.52 Å². The van der Waals surface area contributed by atoms with Crippen LogP contribution in [-0.4, -0.2) is 46.0 Å². The predicted octanol–water partition coefficient (Wildman–Crippen LogP) is -0.418. The number of halogens is 1. The standard InChI is InChI=1S/C6H12FO6P/c1-3-5(7)6(4(2-8)12-3)13-14(9,10)11/h3-6,8H,2H2,1H3,(H2,9,10,11)/t3-,4+,5+,6?/m0/s1. The second kappa shape index (κ2) is 4.22. The van der Waals surface area contributed by atoms with Crippen LogP contribution in [0.15, 0.2) is 0 Å². The lowest BCUT2D eigenvalue weighted by molar-refractivity contribution is -0.0168. The lowest BCUT2D eigenvalue weighted by atomic mass is 10.1. The molecule has 0 radical (unpaired) electrons. The molecule has 1 heterocycles. The Bertz CT molecular complexity index is 242. The van der Waals surface area contributed by atoms with Gasteiger partial charge in [0.15, 0.2) is 6.17 Å². The van der Waals surface area contributed by atoms with Crippen LogP contribution in [-0.2, 0) is 13.8 Å². The molecule has 4 atom stereocenters. The number of hydrogen-bond acceptors (Lipinski definition) is 4. The largest absolute Gasteiger partial charge is 0.470 e. The van der Waals surface area contributed by atoms with E-state index < -0.39 is 38.9 Å². The molecule has 0 saturated carbocycles. The van der Waals surface area contributed by atoms with Crippen LogP contribution in [0, 0.1) is 0 Å². The van der Waals surface area contributed by atoms with Gasteiger partial charge in [0.25, 0.3) is 0 Å². The molecular weight excluding hydrogens is 218 g/mol. The Morgan fingerprint density at radius 1 is 1.57 bits per heavy atom. The first-order chi connectivity index (χ1) is 6.35. The molecule has 1 saturated heterocycles. The number of ether oxygens (including phenoxy) is 1. The van der Waals surface area contributed by atoms with Crippen LogP contribution < -0.4 is 0 Å². The highest BCUT2D eigenvalue weighted by Crippen LogP contribution is 2.42. The fourth-order valence-electron chi connectivity index (χ4n) is 1.33. The first-order valence-corrected chi connectivity index (χ1v) is 5.52. The Hall–Kier alpha value is -0.0400. The number of aliphatic hydroxyl groups is 1. The van der Waals surface area contributed by atoms with E-state index >= 15 is 0 Å². The second-order valence-corrected chi connectivity index (χ2v) is 4.26. The summed E-state index contributed by atoms with van der Waals surface area (Å²) >= 11 is 0. The SMILES string of the molecule is C[C@@H]1O[C@H](CO)C(OP(=O)(O)O)[C@@H]1F. The summed E-state index contributed by atoms with van der Waals surface area (Å²) in [6.45, 7) is 0.853. The van der Waals surface area contributed by atoms with Gasteiger partial charge in [-0.2, -0.15) is 0 Å². The van der Waals surface area contributed by atoms with Crippen molar-refractivity contribution in [3.63, 3.8) is 0 Å². The van der Waals surface area contributed by atoms with Crippen molar-refractivity contribution in [2.45, 2.75) is 31.4 Å². The van der Waals surface area contributed by atoms with Crippen LogP contribution in [0.25, 0.3) is 0 Å². The molecule has 84 valence electrons. The fraction of sp³-hybridized carbons (Fsp3) is 1.00. The monoisotopic (exact) mass is 230 g/mol. The van der Waals surface area contributed by atoms with Gasteiger partial charge < -0.3 is 19.6 Å². The summed E-state index contributed by atoms with van der Waals surface area (Å²) in [7, 11) is -4.76. The van der Waals surface area contributed by atoms with Gasteiger partial charge in [-0.05, 0) is 6.92 Å². The summed E-state index contributed by atoms with van der Waals surface area (Å²) in [5.41, 5.74) is 0. The maximum Gasteiger partial charge on any atom is 0.470 e. The summed E-state index contributed by atoms with van der Waals surface area (Å²) in [4.78, 5) is 17.0. The summed E-state index contributed by atoms with van der Waals surface area (Å²) < 4.78 is 32.8. The Labute approximate surface area is 79.9 Å². The molecule has 3 N–H and O–H groups in total. The van der Waals surface area contributed by atoms with Gasteiger partial charge in [0.05, 0.1) is 12.7 Å². The molecule has 0 aromatic carbocycles. The highest BCUT2D eigenvalue weighted by molar-refractivity contribution is 7.46. The average Bonchev–Trinajstić information content (AvgIpc) is 2.30. The third-order valence-corrected chi connectivity index (χ3v) is 2.48. The molecule has 0 amide bonds. The van der Waals surface area contributed by atoms with Gasteiger partial charge in [-0.25, -0.2) is 8.96 Å². The lowest BCUT2D eigenvalue weighted by Gasteiger charge is -2.18. The zero-order valence-corrected chi connectivity index (χ0v) is 8.30. The minimum atomic E-state index is -4.76. The van der Waals surface area contributed by atoms with Gasteiger partial charge in [0, 0.05) is 0 Å². The second-order valence-electron chi connectivity index (χ2n) is 3.07. The molecular formula is C6H12FO6P. The molecule has 0 aliphatic carbocycles. The van der Waals surface area contributed by atoms with E-state index in [1.165, 1.54) is 6.92 Å². The third-order valence-electron chi connectivity index (χ3n) is 1.96. The minimum Gasteiger partial charge on any atom is -0.394 e. The van der Waals surface area contributed by atoms with Crippen LogP contribution in [0.2, 0.25) is 0 Å². The van der Waals surface area contributed by atoms with Crippen molar-refractivity contribution in [2.75, 3.05) is 6.61 Å². The van der Waals surface area contributed by atoms with E-state index in [0.717, 1.165) is 0 Å². The first kappa shape index (κ1) is 12.0. The van der Waals surface area contributed by atoms with Crippen LogP contribution >= 0.6 is 7.82 Å². The van der Waals surface area contributed by atoms with Crippen molar-refractivity contribution in [2.24, 2.45) is 0 Å². The molecule has 14 heavy (non-hydrogen) atoms. The van der Waals surface area contributed by atoms with E-state index in [9.17, 15) is 8.96 Å². The zero-order valence-electron chi connectivity index (χ0n) is 7.41.